The van der Waals surface area contributed by atoms with Crippen LogP contribution < -0.4 is 0 Å². The van der Waals surface area contributed by atoms with E-state index in [4.69, 9.17) is 18.2 Å². The highest BCUT2D eigenvalue weighted by Gasteiger charge is 2.53. The summed E-state index contributed by atoms with van der Waals surface area (Å²) in [6, 6.07) is 0. The van der Waals surface area contributed by atoms with Crippen LogP contribution in [-0.2, 0) is 58.3 Å². The van der Waals surface area contributed by atoms with E-state index in [0.29, 0.717) is 0 Å². The van der Waals surface area contributed by atoms with E-state index in [1.165, 1.54) is 0 Å². The fourth-order valence-electron chi connectivity index (χ4n) is 0.599. The molecule has 0 aliphatic heterocycles. The Kier molecular flexibility index (Phi) is 5.79. The lowest BCUT2D eigenvalue weighted by Crippen LogP contribution is -2.47. The average molecular weight is 400 g/mol. The van der Waals surface area contributed by atoms with E-state index in [1.807, 2.05) is 0 Å². The van der Waals surface area contributed by atoms with Crippen LogP contribution in [0, 0.1) is 0 Å². The highest BCUT2D eigenvalue weighted by Crippen LogP contribution is 2.26. The summed E-state index contributed by atoms with van der Waals surface area (Å²) in [6.07, 6.45) is -4.91. The zero-order chi connectivity index (χ0) is 17.3. The first kappa shape index (κ1) is 20.5. The first-order valence-electron chi connectivity index (χ1n) is 3.55. The van der Waals surface area contributed by atoms with Gasteiger partial charge < -0.3 is 0 Å². The molecule has 0 aliphatic rings. The maximum Gasteiger partial charge on any atom is 0.477 e. The van der Waals surface area contributed by atoms with Crippen LogP contribution in [0.1, 0.15) is 0 Å². The van der Waals surface area contributed by atoms with E-state index in [1.54, 1.807) is 0 Å². The molecule has 0 spiro atoms. The van der Waals surface area contributed by atoms with Crippen LogP contribution in [0.3, 0.4) is 0 Å². The molecule has 0 aromatic rings. The van der Waals surface area contributed by atoms with Crippen LogP contribution in [0.2, 0.25) is 0 Å². The first-order chi connectivity index (χ1) is 8.83. The fourth-order valence-corrected chi connectivity index (χ4v) is 2.30. The van der Waals surface area contributed by atoms with Crippen molar-refractivity contribution in [3.8, 4) is 0 Å². The molecule has 4 N–H and O–H groups in total. The third kappa shape index (κ3) is 10.8. The minimum absolute atomic E-state index is 3.00. The van der Waals surface area contributed by atoms with Crippen molar-refractivity contribution < 1.29 is 68.6 Å². The van der Waals surface area contributed by atoms with Gasteiger partial charge in [0.15, 0.2) is 0 Å². The minimum atomic E-state index is -6.00. The Hall–Kier alpha value is -0.520. The van der Waals surface area contributed by atoms with Crippen molar-refractivity contribution in [2.24, 2.45) is 0 Å². The van der Waals surface area contributed by atoms with E-state index < -0.39 is 47.8 Å². The molecular formula is CH4O16S4. The topological polar surface area (TPSA) is 254 Å². The lowest BCUT2D eigenvalue weighted by molar-refractivity contribution is -0.368. The molecule has 0 aliphatic carbocycles. The summed E-state index contributed by atoms with van der Waals surface area (Å²) in [4.78, 5) is 0. The first-order valence-corrected chi connectivity index (χ1v) is 9.01. The standard InChI is InChI=1S/CH4O16S4/c2-18(3,4)14-1(15-19(5,6)7,16-20(8,9)10)17-21(11,12)13/h(H,2,3,4)(H,5,6,7)(H,8,9,10)(H,11,12,13). The molecule has 0 aromatic carbocycles. The van der Waals surface area contributed by atoms with Crippen molar-refractivity contribution in [3.05, 3.63) is 0 Å². The van der Waals surface area contributed by atoms with Gasteiger partial charge in [-0.1, -0.05) is 0 Å². The second-order valence-corrected chi connectivity index (χ2v) is 6.63. The van der Waals surface area contributed by atoms with Crippen molar-refractivity contribution in [1.82, 2.24) is 0 Å². The van der Waals surface area contributed by atoms with Gasteiger partial charge in [-0.3, -0.25) is 18.2 Å². The molecule has 128 valence electrons. The van der Waals surface area contributed by atoms with Crippen LogP contribution in [0.4, 0.5) is 0 Å². The molecule has 0 bridgehead atoms. The Balaban J connectivity index is 6.18. The van der Waals surface area contributed by atoms with Gasteiger partial charge in [-0.15, -0.1) is 0 Å². The molecule has 0 unspecified atom stereocenters. The minimum Gasteiger partial charge on any atom is -0.263 e. The largest absolute Gasteiger partial charge is 0.477 e. The second-order valence-electron chi connectivity index (χ2n) is 2.54. The van der Waals surface area contributed by atoms with Crippen molar-refractivity contribution in [2.45, 2.75) is 6.16 Å². The number of rotatable bonds is 8. The molecule has 0 atom stereocenters. The van der Waals surface area contributed by atoms with Gasteiger partial charge in [0.25, 0.3) is 0 Å². The molecule has 0 fully saturated rings. The Bertz CT molecular complexity index is 631. The van der Waals surface area contributed by atoms with Gasteiger partial charge in [0.05, 0.1) is 0 Å². The Labute approximate surface area is 117 Å². The smallest absolute Gasteiger partial charge is 0.263 e. The van der Waals surface area contributed by atoms with Gasteiger partial charge in [0.2, 0.25) is 0 Å². The van der Waals surface area contributed by atoms with Crippen LogP contribution in [0.5, 0.6) is 0 Å². The van der Waals surface area contributed by atoms with Gasteiger partial charge >= 0.3 is 47.8 Å². The predicted octanol–water partition coefficient (Wildman–Crippen LogP) is -3.12. The van der Waals surface area contributed by atoms with E-state index in [-0.39, 0.29) is 0 Å². The van der Waals surface area contributed by atoms with Crippen molar-refractivity contribution in [1.29, 1.82) is 0 Å². The lowest BCUT2D eigenvalue weighted by Gasteiger charge is -2.23. The summed E-state index contributed by atoms with van der Waals surface area (Å²) in [6.45, 7) is 0. The van der Waals surface area contributed by atoms with Crippen LogP contribution >= 0.6 is 0 Å². The Morgan fingerprint density at radius 2 is 0.619 bits per heavy atom. The van der Waals surface area contributed by atoms with E-state index >= 15 is 0 Å². The maximum absolute atomic E-state index is 10.4. The summed E-state index contributed by atoms with van der Waals surface area (Å²) >= 11 is 0. The normalized spacial score (nSPS) is 15.0. The van der Waals surface area contributed by atoms with E-state index in [9.17, 15) is 33.7 Å². The van der Waals surface area contributed by atoms with Crippen LogP contribution in [0.15, 0.2) is 0 Å². The molecule has 0 saturated heterocycles. The molecule has 0 heterocycles. The van der Waals surface area contributed by atoms with Gasteiger partial charge in [-0.25, -0.2) is 0 Å². The van der Waals surface area contributed by atoms with Crippen molar-refractivity contribution >= 4 is 41.6 Å². The maximum atomic E-state index is 10.4. The molecule has 0 radical (unpaired) electrons. The molecular weight excluding hydrogens is 396 g/mol. The van der Waals surface area contributed by atoms with E-state index in [2.05, 4.69) is 16.7 Å². The predicted molar refractivity (Wildman–Crippen MR) is 53.3 cm³/mol. The summed E-state index contributed by atoms with van der Waals surface area (Å²) in [5, 5.41) is 0. The zero-order valence-corrected chi connectivity index (χ0v) is 12.1. The zero-order valence-electron chi connectivity index (χ0n) is 8.82. The number of hydrogen-bond donors (Lipinski definition) is 4. The molecule has 20 heteroatoms. The van der Waals surface area contributed by atoms with E-state index in [0.717, 1.165) is 0 Å². The summed E-state index contributed by atoms with van der Waals surface area (Å²) in [7, 11) is -24.0. The number of hydrogen-bond acceptors (Lipinski definition) is 12. The Morgan fingerprint density at radius 3 is 0.714 bits per heavy atom. The summed E-state index contributed by atoms with van der Waals surface area (Å²) in [5.74, 6) is 0. The van der Waals surface area contributed by atoms with Gasteiger partial charge in [-0.05, 0) is 0 Å². The summed E-state index contributed by atoms with van der Waals surface area (Å²) < 4.78 is 128. The monoisotopic (exact) mass is 400 g/mol. The van der Waals surface area contributed by atoms with Gasteiger partial charge in [0, 0.05) is 0 Å². The molecule has 0 saturated carbocycles. The quantitative estimate of drug-likeness (QED) is 0.232. The van der Waals surface area contributed by atoms with Crippen molar-refractivity contribution in [2.75, 3.05) is 0 Å². The molecule has 21 heavy (non-hydrogen) atoms. The molecule has 0 aromatic heterocycles. The Morgan fingerprint density at radius 1 is 0.476 bits per heavy atom. The third-order valence-corrected chi connectivity index (χ3v) is 2.49. The van der Waals surface area contributed by atoms with Gasteiger partial charge in [0.1, 0.15) is 0 Å². The highest BCUT2D eigenvalue weighted by atomic mass is 32.3. The molecule has 0 amide bonds. The van der Waals surface area contributed by atoms with Crippen LogP contribution in [0.25, 0.3) is 0 Å². The molecule has 16 nitrogen and oxygen atoms in total. The van der Waals surface area contributed by atoms with Crippen LogP contribution in [-0.4, -0.2) is 58.0 Å². The van der Waals surface area contributed by atoms with Gasteiger partial charge in [-0.2, -0.15) is 50.4 Å². The average Bonchev–Trinajstić information content (AvgIpc) is 1.83. The fraction of sp³-hybridized carbons (Fsp3) is 1.00. The third-order valence-electron chi connectivity index (χ3n) is 0.829. The highest BCUT2D eigenvalue weighted by molar-refractivity contribution is 7.83. The lowest BCUT2D eigenvalue weighted by atomic mass is 11.2. The second kappa shape index (κ2) is 5.94. The molecule has 0 rings (SSSR count). The SMILES string of the molecule is O=S(=O)(O)OC(OS(=O)(=O)O)(OS(=O)(=O)O)OS(=O)(=O)O. The van der Waals surface area contributed by atoms with Crippen molar-refractivity contribution in [3.63, 3.8) is 0 Å². The summed E-state index contributed by atoms with van der Waals surface area (Å²) in [5.41, 5.74) is 0.